The minimum absolute atomic E-state index is 0.0188. The first kappa shape index (κ1) is 12.3. The molecule has 0 radical (unpaired) electrons. The van der Waals surface area contributed by atoms with E-state index in [4.69, 9.17) is 10.2 Å². The minimum Gasteiger partial charge on any atom is -0.481 e. The van der Waals surface area contributed by atoms with Gasteiger partial charge in [-0.25, -0.2) is 0 Å². The molecule has 0 aliphatic carbocycles. The van der Waals surface area contributed by atoms with Crippen LogP contribution < -0.4 is 0 Å². The van der Waals surface area contributed by atoms with Crippen molar-refractivity contribution in [2.45, 2.75) is 13.0 Å². The highest BCUT2D eigenvalue weighted by molar-refractivity contribution is 5.71. The Balaban J connectivity index is 2.25. The van der Waals surface area contributed by atoms with Crippen molar-refractivity contribution in [1.29, 1.82) is 0 Å². The molecule has 0 saturated carbocycles. The largest absolute Gasteiger partial charge is 0.481 e. The van der Waals surface area contributed by atoms with Crippen LogP contribution in [0.1, 0.15) is 11.1 Å². The lowest BCUT2D eigenvalue weighted by Gasteiger charge is -2.05. The molecule has 0 aromatic heterocycles. The van der Waals surface area contributed by atoms with Gasteiger partial charge in [-0.05, 0) is 28.3 Å². The van der Waals surface area contributed by atoms with Crippen LogP contribution in [-0.2, 0) is 17.8 Å². The van der Waals surface area contributed by atoms with E-state index in [2.05, 4.69) is 0 Å². The fraction of sp³-hybridized carbons (Fsp3) is 0.133. The number of carboxylic acids is 1. The average molecular weight is 242 g/mol. The molecule has 0 fully saturated rings. The summed E-state index contributed by atoms with van der Waals surface area (Å²) >= 11 is 0. The third-order valence-electron chi connectivity index (χ3n) is 2.75. The average Bonchev–Trinajstić information content (AvgIpc) is 2.39. The van der Waals surface area contributed by atoms with Gasteiger partial charge in [0, 0.05) is 0 Å². The first-order valence-corrected chi connectivity index (χ1v) is 5.70. The molecular formula is C15H14O3. The minimum atomic E-state index is -0.829. The van der Waals surface area contributed by atoms with E-state index < -0.39 is 5.97 Å². The van der Waals surface area contributed by atoms with Gasteiger partial charge < -0.3 is 10.2 Å². The number of carboxylic acid groups (broad SMARTS) is 1. The number of rotatable bonds is 4. The maximum Gasteiger partial charge on any atom is 0.307 e. The molecule has 3 nitrogen and oxygen atoms in total. The van der Waals surface area contributed by atoms with E-state index in [-0.39, 0.29) is 13.0 Å². The molecule has 2 rings (SSSR count). The highest BCUT2D eigenvalue weighted by atomic mass is 16.4. The topological polar surface area (TPSA) is 57.5 Å². The summed E-state index contributed by atoms with van der Waals surface area (Å²) in [5.74, 6) is -0.829. The van der Waals surface area contributed by atoms with E-state index in [9.17, 15) is 4.79 Å². The van der Waals surface area contributed by atoms with E-state index >= 15 is 0 Å². The number of hydrogen-bond acceptors (Lipinski definition) is 2. The molecule has 0 saturated heterocycles. The molecular weight excluding hydrogens is 228 g/mol. The van der Waals surface area contributed by atoms with Gasteiger partial charge in [0.1, 0.15) is 0 Å². The summed E-state index contributed by atoms with van der Waals surface area (Å²) < 4.78 is 0. The first-order chi connectivity index (χ1) is 8.69. The molecule has 2 N–H and O–H groups in total. The zero-order valence-corrected chi connectivity index (χ0v) is 9.84. The molecule has 0 bridgehead atoms. The predicted molar refractivity (Wildman–Crippen MR) is 69.1 cm³/mol. The summed E-state index contributed by atoms with van der Waals surface area (Å²) in [6.07, 6.45) is 0.0387. The Hall–Kier alpha value is -2.13. The van der Waals surface area contributed by atoms with Crippen LogP contribution in [0.4, 0.5) is 0 Å². The van der Waals surface area contributed by atoms with E-state index in [0.29, 0.717) is 0 Å². The Morgan fingerprint density at radius 2 is 1.67 bits per heavy atom. The summed E-state index contributed by atoms with van der Waals surface area (Å²) in [6, 6.07) is 15.1. The van der Waals surface area contributed by atoms with E-state index in [1.807, 2.05) is 48.5 Å². The quantitative estimate of drug-likeness (QED) is 0.866. The monoisotopic (exact) mass is 242 g/mol. The molecule has 2 aromatic rings. The molecule has 0 spiro atoms. The lowest BCUT2D eigenvalue weighted by atomic mass is 10.0. The Morgan fingerprint density at radius 3 is 2.28 bits per heavy atom. The van der Waals surface area contributed by atoms with Gasteiger partial charge in [-0.15, -0.1) is 0 Å². The van der Waals surface area contributed by atoms with Crippen molar-refractivity contribution in [3.05, 3.63) is 59.7 Å². The van der Waals surface area contributed by atoms with E-state index in [1.165, 1.54) is 0 Å². The Labute approximate surface area is 105 Å². The Morgan fingerprint density at radius 1 is 0.944 bits per heavy atom. The van der Waals surface area contributed by atoms with Gasteiger partial charge in [0.15, 0.2) is 0 Å². The number of aliphatic hydroxyl groups is 1. The fourth-order valence-electron chi connectivity index (χ4n) is 1.84. The summed E-state index contributed by atoms with van der Waals surface area (Å²) in [4.78, 5) is 10.6. The number of benzene rings is 2. The van der Waals surface area contributed by atoms with Crippen LogP contribution in [-0.4, -0.2) is 16.2 Å². The summed E-state index contributed by atoms with van der Waals surface area (Å²) in [7, 11) is 0. The van der Waals surface area contributed by atoms with Gasteiger partial charge in [0.25, 0.3) is 0 Å². The molecule has 3 heteroatoms. The van der Waals surface area contributed by atoms with Crippen molar-refractivity contribution in [3.63, 3.8) is 0 Å². The smallest absolute Gasteiger partial charge is 0.307 e. The van der Waals surface area contributed by atoms with Gasteiger partial charge in [-0.1, -0.05) is 42.5 Å². The zero-order valence-electron chi connectivity index (χ0n) is 9.84. The van der Waals surface area contributed by atoms with E-state index in [0.717, 1.165) is 22.3 Å². The lowest BCUT2D eigenvalue weighted by molar-refractivity contribution is -0.136. The van der Waals surface area contributed by atoms with Gasteiger partial charge in [0.2, 0.25) is 0 Å². The fourth-order valence-corrected chi connectivity index (χ4v) is 1.84. The van der Waals surface area contributed by atoms with Crippen LogP contribution in [0.5, 0.6) is 0 Å². The molecule has 0 heterocycles. The van der Waals surface area contributed by atoms with Crippen LogP contribution in [0.15, 0.2) is 48.5 Å². The van der Waals surface area contributed by atoms with Crippen molar-refractivity contribution in [3.8, 4) is 11.1 Å². The van der Waals surface area contributed by atoms with Gasteiger partial charge in [-0.3, -0.25) is 4.79 Å². The Bertz CT molecular complexity index is 544. The number of aliphatic carboxylic acids is 1. The molecule has 0 atom stereocenters. The van der Waals surface area contributed by atoms with Gasteiger partial charge in [-0.2, -0.15) is 0 Å². The first-order valence-electron chi connectivity index (χ1n) is 5.70. The SMILES string of the molecule is O=C(O)Cc1ccc(-c2cccc(CO)c2)cc1. The maximum absolute atomic E-state index is 10.6. The molecule has 0 aliphatic rings. The van der Waals surface area contributed by atoms with Crippen LogP contribution in [0.2, 0.25) is 0 Å². The molecule has 18 heavy (non-hydrogen) atoms. The van der Waals surface area contributed by atoms with Crippen LogP contribution in [0, 0.1) is 0 Å². The predicted octanol–water partition coefficient (Wildman–Crippen LogP) is 2.47. The molecule has 0 unspecified atom stereocenters. The third kappa shape index (κ3) is 2.96. The van der Waals surface area contributed by atoms with Gasteiger partial charge in [0.05, 0.1) is 13.0 Å². The van der Waals surface area contributed by atoms with Crippen LogP contribution in [0.3, 0.4) is 0 Å². The zero-order chi connectivity index (χ0) is 13.0. The van der Waals surface area contributed by atoms with Crippen molar-refractivity contribution >= 4 is 5.97 Å². The highest BCUT2D eigenvalue weighted by Gasteiger charge is 2.02. The molecule has 0 amide bonds. The van der Waals surface area contributed by atoms with Crippen molar-refractivity contribution in [2.24, 2.45) is 0 Å². The summed E-state index contributed by atoms with van der Waals surface area (Å²) in [5, 5.41) is 17.8. The molecule has 0 aliphatic heterocycles. The second-order valence-corrected chi connectivity index (χ2v) is 4.13. The summed E-state index contributed by atoms with van der Waals surface area (Å²) in [6.45, 7) is 0.0188. The third-order valence-corrected chi connectivity index (χ3v) is 2.75. The van der Waals surface area contributed by atoms with Crippen LogP contribution in [0.25, 0.3) is 11.1 Å². The standard InChI is InChI=1S/C15H14O3/c16-10-12-2-1-3-14(8-12)13-6-4-11(5-7-13)9-15(17)18/h1-8,16H,9-10H2,(H,17,18). The highest BCUT2D eigenvalue weighted by Crippen LogP contribution is 2.21. The van der Waals surface area contributed by atoms with Gasteiger partial charge >= 0.3 is 5.97 Å². The van der Waals surface area contributed by atoms with Crippen molar-refractivity contribution < 1.29 is 15.0 Å². The Kier molecular flexibility index (Phi) is 3.75. The second-order valence-electron chi connectivity index (χ2n) is 4.13. The van der Waals surface area contributed by atoms with E-state index in [1.54, 1.807) is 0 Å². The van der Waals surface area contributed by atoms with Crippen LogP contribution >= 0.6 is 0 Å². The summed E-state index contributed by atoms with van der Waals surface area (Å²) in [5.41, 5.74) is 3.68. The van der Waals surface area contributed by atoms with Crippen molar-refractivity contribution in [2.75, 3.05) is 0 Å². The number of aliphatic hydroxyl groups excluding tert-OH is 1. The second kappa shape index (κ2) is 5.47. The molecule has 92 valence electrons. The molecule has 2 aromatic carbocycles. The van der Waals surface area contributed by atoms with Crippen molar-refractivity contribution in [1.82, 2.24) is 0 Å². The normalized spacial score (nSPS) is 10.3. The maximum atomic E-state index is 10.6. The number of carbonyl (C=O) groups is 1. The number of hydrogen-bond donors (Lipinski definition) is 2. The lowest BCUT2D eigenvalue weighted by Crippen LogP contribution is -1.99.